The fraction of sp³-hybridized carbons (Fsp3) is 0.462. The van der Waals surface area contributed by atoms with Gasteiger partial charge in [0.15, 0.2) is 5.78 Å². The molecule has 2 nitrogen and oxygen atoms in total. The first-order chi connectivity index (χ1) is 7.97. The van der Waals surface area contributed by atoms with Crippen LogP contribution in [0.25, 0.3) is 0 Å². The van der Waals surface area contributed by atoms with Crippen LogP contribution in [0, 0.1) is 5.92 Å². The topological polar surface area (TPSA) is 43.1 Å². The lowest BCUT2D eigenvalue weighted by Gasteiger charge is -2.17. The van der Waals surface area contributed by atoms with Gasteiger partial charge in [-0.25, -0.2) is 0 Å². The minimum absolute atomic E-state index is 0.0191. The van der Waals surface area contributed by atoms with Crippen LogP contribution in [-0.2, 0) is 11.2 Å². The van der Waals surface area contributed by atoms with Gasteiger partial charge in [-0.3, -0.25) is 4.79 Å². The Kier molecular flexibility index (Phi) is 5.44. The first-order valence-corrected chi connectivity index (χ1v) is 6.44. The number of hydrogen-bond donors (Lipinski definition) is 1. The molecule has 0 amide bonds. The van der Waals surface area contributed by atoms with E-state index in [2.05, 4.69) is 0 Å². The van der Waals surface area contributed by atoms with Crippen molar-refractivity contribution in [2.75, 3.05) is 0 Å². The molecule has 4 heteroatoms. The minimum atomic E-state index is -0.452. The van der Waals surface area contributed by atoms with Crippen molar-refractivity contribution in [1.29, 1.82) is 0 Å². The predicted molar refractivity (Wildman–Crippen MR) is 72.6 cm³/mol. The number of benzene rings is 1. The van der Waals surface area contributed by atoms with E-state index in [1.165, 1.54) is 0 Å². The van der Waals surface area contributed by atoms with Crippen molar-refractivity contribution in [2.24, 2.45) is 11.7 Å². The number of ketones is 1. The molecule has 1 aromatic rings. The van der Waals surface area contributed by atoms with Gasteiger partial charge in [0, 0.05) is 16.5 Å². The summed E-state index contributed by atoms with van der Waals surface area (Å²) in [6.45, 7) is 3.98. The maximum absolute atomic E-state index is 12.0. The molecule has 0 saturated heterocycles. The molecule has 0 fully saturated rings. The summed E-state index contributed by atoms with van der Waals surface area (Å²) in [6.07, 6.45) is 1.08. The molecule has 0 radical (unpaired) electrons. The van der Waals surface area contributed by atoms with Gasteiger partial charge in [-0.2, -0.15) is 0 Å². The second-order valence-corrected chi connectivity index (χ2v) is 5.07. The molecular weight excluding hydrogens is 257 g/mol. The highest BCUT2D eigenvalue weighted by atomic mass is 35.5. The third-order valence-corrected chi connectivity index (χ3v) is 3.75. The summed E-state index contributed by atoms with van der Waals surface area (Å²) < 4.78 is 0. The van der Waals surface area contributed by atoms with Crippen molar-refractivity contribution in [3.8, 4) is 0 Å². The van der Waals surface area contributed by atoms with Crippen molar-refractivity contribution in [3.05, 3.63) is 33.8 Å². The molecule has 17 heavy (non-hydrogen) atoms. The molecule has 0 bridgehead atoms. The van der Waals surface area contributed by atoms with E-state index in [9.17, 15) is 4.79 Å². The highest BCUT2D eigenvalue weighted by Gasteiger charge is 2.21. The first kappa shape index (κ1) is 14.5. The lowest BCUT2D eigenvalue weighted by molar-refractivity contribution is -0.120. The van der Waals surface area contributed by atoms with Gasteiger partial charge in [0.25, 0.3) is 0 Å². The third-order valence-electron chi connectivity index (χ3n) is 3.04. The van der Waals surface area contributed by atoms with Gasteiger partial charge in [0.05, 0.1) is 6.04 Å². The van der Waals surface area contributed by atoms with Gasteiger partial charge in [0.1, 0.15) is 0 Å². The summed E-state index contributed by atoms with van der Waals surface area (Å²) in [6, 6.07) is 4.76. The Morgan fingerprint density at radius 2 is 1.88 bits per heavy atom. The zero-order valence-electron chi connectivity index (χ0n) is 10.0. The number of hydrogen-bond acceptors (Lipinski definition) is 2. The van der Waals surface area contributed by atoms with E-state index in [-0.39, 0.29) is 18.1 Å². The number of carbonyl (C=O) groups excluding carboxylic acids is 1. The van der Waals surface area contributed by atoms with Crippen LogP contribution in [-0.4, -0.2) is 11.8 Å². The molecule has 2 unspecified atom stereocenters. The van der Waals surface area contributed by atoms with Crippen LogP contribution in [0.3, 0.4) is 0 Å². The van der Waals surface area contributed by atoms with Gasteiger partial charge in [-0.15, -0.1) is 0 Å². The molecular formula is C13H17Cl2NO. The highest BCUT2D eigenvalue weighted by molar-refractivity contribution is 6.36. The molecule has 0 saturated carbocycles. The molecule has 0 spiro atoms. The van der Waals surface area contributed by atoms with Gasteiger partial charge >= 0.3 is 0 Å². The van der Waals surface area contributed by atoms with Gasteiger partial charge in [-0.1, -0.05) is 49.5 Å². The fourth-order valence-corrected chi connectivity index (χ4v) is 2.10. The summed E-state index contributed by atoms with van der Waals surface area (Å²) in [5.41, 5.74) is 6.55. The van der Waals surface area contributed by atoms with Crippen molar-refractivity contribution in [1.82, 2.24) is 0 Å². The van der Waals surface area contributed by atoms with Crippen LogP contribution in [0.15, 0.2) is 18.2 Å². The SMILES string of the molecule is CCC(C)C(N)C(=O)Cc1c(Cl)cccc1Cl. The normalized spacial score (nSPS) is 14.4. The van der Waals surface area contributed by atoms with E-state index in [1.54, 1.807) is 18.2 Å². The minimum Gasteiger partial charge on any atom is -0.321 e. The monoisotopic (exact) mass is 273 g/mol. The Morgan fingerprint density at radius 3 is 2.35 bits per heavy atom. The predicted octanol–water partition coefficient (Wildman–Crippen LogP) is 3.48. The Balaban J connectivity index is 2.81. The number of carbonyl (C=O) groups is 1. The van der Waals surface area contributed by atoms with Crippen LogP contribution in [0.4, 0.5) is 0 Å². The second kappa shape index (κ2) is 6.39. The van der Waals surface area contributed by atoms with Crippen LogP contribution in [0.2, 0.25) is 10.0 Å². The Morgan fingerprint density at radius 1 is 1.35 bits per heavy atom. The molecule has 94 valence electrons. The van der Waals surface area contributed by atoms with E-state index >= 15 is 0 Å². The third kappa shape index (κ3) is 3.70. The summed E-state index contributed by atoms with van der Waals surface area (Å²) in [5, 5.41) is 1.03. The summed E-state index contributed by atoms with van der Waals surface area (Å²) >= 11 is 12.0. The van der Waals surface area contributed by atoms with Crippen molar-refractivity contribution in [2.45, 2.75) is 32.7 Å². The molecule has 1 aromatic carbocycles. The van der Waals surface area contributed by atoms with E-state index < -0.39 is 6.04 Å². The van der Waals surface area contributed by atoms with E-state index in [1.807, 2.05) is 13.8 Å². The first-order valence-electron chi connectivity index (χ1n) is 5.68. The summed E-state index contributed by atoms with van der Waals surface area (Å²) in [4.78, 5) is 12.0. The highest BCUT2D eigenvalue weighted by Crippen LogP contribution is 2.25. The average Bonchev–Trinajstić information content (AvgIpc) is 2.31. The number of nitrogens with two attached hydrogens (primary N) is 1. The largest absolute Gasteiger partial charge is 0.321 e. The molecule has 0 aliphatic heterocycles. The Labute approximate surface area is 112 Å². The number of Topliss-reactive ketones (excluding diaryl/α,β-unsaturated/α-hetero) is 1. The number of rotatable bonds is 5. The van der Waals surface area contributed by atoms with Crippen LogP contribution in [0.5, 0.6) is 0 Å². The lowest BCUT2D eigenvalue weighted by atomic mass is 9.93. The maximum Gasteiger partial charge on any atom is 0.154 e. The lowest BCUT2D eigenvalue weighted by Crippen LogP contribution is -2.37. The number of halogens is 2. The van der Waals surface area contributed by atoms with Gasteiger partial charge < -0.3 is 5.73 Å². The fourth-order valence-electron chi connectivity index (χ4n) is 1.56. The standard InChI is InChI=1S/C13H17Cl2NO/c1-3-8(2)13(16)12(17)7-9-10(14)5-4-6-11(9)15/h4-6,8,13H,3,7,16H2,1-2H3. The smallest absolute Gasteiger partial charge is 0.154 e. The molecule has 2 atom stereocenters. The van der Waals surface area contributed by atoms with Crippen molar-refractivity contribution >= 4 is 29.0 Å². The molecule has 2 N–H and O–H groups in total. The average molecular weight is 274 g/mol. The quantitative estimate of drug-likeness (QED) is 0.893. The van der Waals surface area contributed by atoms with E-state index in [0.717, 1.165) is 6.42 Å². The van der Waals surface area contributed by atoms with Crippen molar-refractivity contribution < 1.29 is 4.79 Å². The summed E-state index contributed by atoms with van der Waals surface area (Å²) in [5.74, 6) is 0.151. The zero-order valence-corrected chi connectivity index (χ0v) is 11.6. The Hall–Kier alpha value is -0.570. The van der Waals surface area contributed by atoms with Crippen LogP contribution >= 0.6 is 23.2 Å². The maximum atomic E-state index is 12.0. The second-order valence-electron chi connectivity index (χ2n) is 4.25. The molecule has 0 aromatic heterocycles. The van der Waals surface area contributed by atoms with E-state index in [0.29, 0.717) is 15.6 Å². The molecule has 0 aliphatic rings. The van der Waals surface area contributed by atoms with Crippen molar-refractivity contribution in [3.63, 3.8) is 0 Å². The summed E-state index contributed by atoms with van der Waals surface area (Å²) in [7, 11) is 0. The van der Waals surface area contributed by atoms with Crippen LogP contribution in [0.1, 0.15) is 25.8 Å². The van der Waals surface area contributed by atoms with Gasteiger partial charge in [-0.05, 0) is 23.6 Å². The zero-order chi connectivity index (χ0) is 13.0. The molecule has 1 rings (SSSR count). The molecule has 0 heterocycles. The van der Waals surface area contributed by atoms with Crippen LogP contribution < -0.4 is 5.73 Å². The van der Waals surface area contributed by atoms with Gasteiger partial charge in [0.2, 0.25) is 0 Å². The molecule has 0 aliphatic carbocycles. The Bertz CT molecular complexity index is 386. The van der Waals surface area contributed by atoms with E-state index in [4.69, 9.17) is 28.9 Å².